The molecule has 3 atom stereocenters. The maximum absolute atomic E-state index is 9.81. The van der Waals surface area contributed by atoms with Gasteiger partial charge in [-0.25, -0.2) is 0 Å². The lowest BCUT2D eigenvalue weighted by Gasteiger charge is -2.12. The third kappa shape index (κ3) is 4.65. The monoisotopic (exact) mass is 395 g/mol. The molecule has 0 bridgehead atoms. The van der Waals surface area contributed by atoms with E-state index >= 15 is 0 Å². The van der Waals surface area contributed by atoms with Crippen LogP contribution in [0.5, 0.6) is 0 Å². The summed E-state index contributed by atoms with van der Waals surface area (Å²) in [6, 6.07) is 24.2. The third-order valence-electron chi connectivity index (χ3n) is 4.79. The van der Waals surface area contributed by atoms with Crippen LogP contribution in [0.4, 0.5) is 0 Å². The zero-order valence-electron chi connectivity index (χ0n) is 16.4. The van der Waals surface area contributed by atoms with E-state index < -0.39 is 18.3 Å². The van der Waals surface area contributed by atoms with Crippen molar-refractivity contribution in [3.63, 3.8) is 0 Å². The van der Waals surface area contributed by atoms with Gasteiger partial charge in [-0.05, 0) is 73.9 Å². The first kappa shape index (κ1) is 20.6. The van der Waals surface area contributed by atoms with Crippen molar-refractivity contribution < 1.29 is 15.3 Å². The summed E-state index contributed by atoms with van der Waals surface area (Å²) in [6.45, 7) is 5.29. The summed E-state index contributed by atoms with van der Waals surface area (Å²) in [7, 11) is -0.324. The summed E-state index contributed by atoms with van der Waals surface area (Å²) >= 11 is 0. The summed E-state index contributed by atoms with van der Waals surface area (Å²) in [6.07, 6.45) is -1.48. The summed E-state index contributed by atoms with van der Waals surface area (Å²) in [4.78, 5) is 3.46. The van der Waals surface area contributed by atoms with Crippen LogP contribution >= 0.6 is 0 Å². The molecule has 0 saturated heterocycles. The van der Waals surface area contributed by atoms with Gasteiger partial charge in [0.2, 0.25) is 0 Å². The first-order valence-corrected chi connectivity index (χ1v) is 10.7. The van der Waals surface area contributed by atoms with Gasteiger partial charge >= 0.3 is 0 Å². The van der Waals surface area contributed by atoms with Gasteiger partial charge < -0.3 is 15.3 Å². The van der Waals surface area contributed by atoms with Crippen molar-refractivity contribution in [2.24, 2.45) is 0 Å². The van der Waals surface area contributed by atoms with Crippen LogP contribution in [0.1, 0.15) is 55.8 Å². The van der Waals surface area contributed by atoms with Crippen LogP contribution < -0.4 is 0 Å². The van der Waals surface area contributed by atoms with Gasteiger partial charge in [-0.15, -0.1) is 0 Å². The molecule has 3 rings (SSSR count). The normalized spacial score (nSPS) is 15.6. The highest BCUT2D eigenvalue weighted by atomic mass is 32.2. The Bertz CT molecular complexity index is 760. The van der Waals surface area contributed by atoms with Crippen LogP contribution in [0.3, 0.4) is 0 Å². The fourth-order valence-corrected chi connectivity index (χ4v) is 5.10. The molecule has 0 aliphatic carbocycles. The summed E-state index contributed by atoms with van der Waals surface area (Å²) in [5.74, 6) is 0. The average molecular weight is 396 g/mol. The molecule has 0 fully saturated rings. The molecular weight excluding hydrogens is 368 g/mol. The molecule has 146 valence electrons. The van der Waals surface area contributed by atoms with E-state index in [9.17, 15) is 15.3 Å². The molecule has 0 heterocycles. The van der Waals surface area contributed by atoms with E-state index in [0.29, 0.717) is 0 Å². The Hall–Kier alpha value is -2.11. The highest BCUT2D eigenvalue weighted by Crippen LogP contribution is 2.33. The first-order chi connectivity index (χ1) is 13.4. The number of aliphatic hydroxyl groups is 3. The maximum Gasteiger partial charge on any atom is 0.166 e. The zero-order valence-corrected chi connectivity index (χ0v) is 17.2. The minimum absolute atomic E-state index is 0.324. The van der Waals surface area contributed by atoms with Gasteiger partial charge in [-0.2, -0.15) is 0 Å². The van der Waals surface area contributed by atoms with Crippen LogP contribution in [0.15, 0.2) is 87.5 Å². The molecule has 4 heteroatoms. The molecule has 0 spiro atoms. The van der Waals surface area contributed by atoms with E-state index in [1.807, 2.05) is 36.4 Å². The summed E-state index contributed by atoms with van der Waals surface area (Å²) in [5, 5.41) is 29.4. The number of aliphatic hydroxyl groups excluding tert-OH is 3. The predicted octanol–water partition coefficient (Wildman–Crippen LogP) is 4.94. The molecule has 3 unspecified atom stereocenters. The minimum Gasteiger partial charge on any atom is -0.389 e. The Labute approximate surface area is 169 Å². The molecule has 3 nitrogen and oxygen atoms in total. The molecule has 28 heavy (non-hydrogen) atoms. The van der Waals surface area contributed by atoms with Crippen molar-refractivity contribution in [3.05, 3.63) is 89.5 Å². The average Bonchev–Trinajstić information content (AvgIpc) is 2.69. The quantitative estimate of drug-likeness (QED) is 0.518. The standard InChI is InChI=1S/C24H27O3S/c1-16(25)19-4-10-22(11-5-19)28(23-12-6-20(7-13-23)17(2)26)24-14-8-21(9-15-24)18(3)27/h4-18,25-27H,1-3H3/q+1. The van der Waals surface area contributed by atoms with Crippen LogP contribution in [0, 0.1) is 0 Å². The SMILES string of the molecule is CC(O)c1ccc([S+](c2ccc(C(C)O)cc2)c2ccc(C(C)O)cc2)cc1. The van der Waals surface area contributed by atoms with E-state index in [1.165, 1.54) is 0 Å². The van der Waals surface area contributed by atoms with Crippen LogP contribution in [0.25, 0.3) is 0 Å². The van der Waals surface area contributed by atoms with Gasteiger partial charge in [0.25, 0.3) is 0 Å². The van der Waals surface area contributed by atoms with E-state index in [1.54, 1.807) is 20.8 Å². The van der Waals surface area contributed by atoms with E-state index in [4.69, 9.17) is 0 Å². The largest absolute Gasteiger partial charge is 0.389 e. The molecule has 0 aliphatic rings. The van der Waals surface area contributed by atoms with Crippen molar-refractivity contribution in [1.29, 1.82) is 0 Å². The highest BCUT2D eigenvalue weighted by Gasteiger charge is 2.29. The second-order valence-electron chi connectivity index (χ2n) is 7.04. The van der Waals surface area contributed by atoms with Gasteiger partial charge in [0.1, 0.15) is 0 Å². The molecule has 0 aliphatic heterocycles. The van der Waals surface area contributed by atoms with Crippen molar-refractivity contribution in [2.75, 3.05) is 0 Å². The Morgan fingerprint density at radius 1 is 0.464 bits per heavy atom. The van der Waals surface area contributed by atoms with Gasteiger partial charge in [0.05, 0.1) is 29.2 Å². The number of hydrogen-bond acceptors (Lipinski definition) is 3. The van der Waals surface area contributed by atoms with E-state index in [0.717, 1.165) is 31.4 Å². The molecule has 3 aromatic rings. The van der Waals surface area contributed by atoms with Crippen molar-refractivity contribution in [2.45, 2.75) is 53.8 Å². The number of hydrogen-bond donors (Lipinski definition) is 3. The molecule has 0 radical (unpaired) electrons. The van der Waals surface area contributed by atoms with Crippen molar-refractivity contribution in [3.8, 4) is 0 Å². The molecule has 0 aromatic heterocycles. The lowest BCUT2D eigenvalue weighted by molar-refractivity contribution is 0.199. The van der Waals surface area contributed by atoms with Crippen LogP contribution in [-0.4, -0.2) is 15.3 Å². The second-order valence-corrected chi connectivity index (χ2v) is 9.07. The van der Waals surface area contributed by atoms with Gasteiger partial charge in [-0.1, -0.05) is 36.4 Å². The van der Waals surface area contributed by atoms with E-state index in [2.05, 4.69) is 36.4 Å². The maximum atomic E-state index is 9.81. The fourth-order valence-electron chi connectivity index (χ4n) is 3.06. The molecular formula is C24H27O3S+. The summed E-state index contributed by atoms with van der Waals surface area (Å²) < 4.78 is 0. The number of rotatable bonds is 6. The van der Waals surface area contributed by atoms with Crippen LogP contribution in [-0.2, 0) is 10.9 Å². The zero-order chi connectivity index (χ0) is 20.3. The Morgan fingerprint density at radius 2 is 0.679 bits per heavy atom. The number of benzene rings is 3. The summed E-state index contributed by atoms with van der Waals surface area (Å²) in [5.41, 5.74) is 2.67. The molecule has 0 amide bonds. The third-order valence-corrected chi connectivity index (χ3v) is 7.03. The van der Waals surface area contributed by atoms with Gasteiger partial charge in [-0.3, -0.25) is 0 Å². The predicted molar refractivity (Wildman–Crippen MR) is 113 cm³/mol. The fraction of sp³-hybridized carbons (Fsp3) is 0.250. The Balaban J connectivity index is 2.04. The lowest BCUT2D eigenvalue weighted by atomic mass is 10.1. The topological polar surface area (TPSA) is 60.7 Å². The van der Waals surface area contributed by atoms with Crippen molar-refractivity contribution >= 4 is 10.9 Å². The minimum atomic E-state index is -0.494. The van der Waals surface area contributed by atoms with E-state index in [-0.39, 0.29) is 10.9 Å². The Morgan fingerprint density at radius 3 is 0.857 bits per heavy atom. The lowest BCUT2D eigenvalue weighted by Crippen LogP contribution is -2.06. The first-order valence-electron chi connectivity index (χ1n) is 9.45. The smallest absolute Gasteiger partial charge is 0.166 e. The highest BCUT2D eigenvalue weighted by molar-refractivity contribution is 7.97. The van der Waals surface area contributed by atoms with Crippen LogP contribution in [0.2, 0.25) is 0 Å². The second kappa shape index (κ2) is 8.93. The molecule has 3 N–H and O–H groups in total. The van der Waals surface area contributed by atoms with Gasteiger partial charge in [0, 0.05) is 0 Å². The Kier molecular flexibility index (Phi) is 6.57. The van der Waals surface area contributed by atoms with Crippen molar-refractivity contribution in [1.82, 2.24) is 0 Å². The molecule has 3 aromatic carbocycles. The molecule has 0 saturated carbocycles. The van der Waals surface area contributed by atoms with Gasteiger partial charge in [0.15, 0.2) is 14.7 Å².